The number of amides is 1. The normalized spacial score (nSPS) is 26.5. The summed E-state index contributed by atoms with van der Waals surface area (Å²) in [6, 6.07) is 1.48. The zero-order chi connectivity index (χ0) is 15.7. The maximum absolute atomic E-state index is 12.1. The first-order valence-electron chi connectivity index (χ1n) is 7.35. The maximum Gasteiger partial charge on any atom is 0.273 e. The minimum atomic E-state index is -3.40. The van der Waals surface area contributed by atoms with Crippen LogP contribution in [-0.2, 0) is 10.0 Å². The quantitative estimate of drug-likeness (QED) is 0.871. The highest BCUT2D eigenvalue weighted by molar-refractivity contribution is 7.92. The third-order valence-electron chi connectivity index (χ3n) is 4.41. The van der Waals surface area contributed by atoms with Crippen molar-refractivity contribution < 1.29 is 17.7 Å². The van der Waals surface area contributed by atoms with E-state index < -0.39 is 10.0 Å². The van der Waals surface area contributed by atoms with Gasteiger partial charge in [-0.1, -0.05) is 11.7 Å². The smallest absolute Gasteiger partial charge is 0.273 e. The fraction of sp³-hybridized carbons (Fsp3) is 0.571. The van der Waals surface area contributed by atoms with Gasteiger partial charge in [-0.2, -0.15) is 4.31 Å². The molecular formula is C14H19N3O4S. The van der Waals surface area contributed by atoms with Crippen LogP contribution in [-0.4, -0.2) is 42.9 Å². The number of sulfonamides is 1. The Morgan fingerprint density at radius 2 is 2.23 bits per heavy atom. The van der Waals surface area contributed by atoms with Crippen LogP contribution in [0.4, 0.5) is 0 Å². The predicted molar refractivity (Wildman–Crippen MR) is 79.3 cm³/mol. The van der Waals surface area contributed by atoms with Gasteiger partial charge in [0.25, 0.3) is 5.91 Å². The van der Waals surface area contributed by atoms with Crippen molar-refractivity contribution in [3.63, 3.8) is 0 Å². The predicted octanol–water partition coefficient (Wildman–Crippen LogP) is 0.978. The standard InChI is InChI=1S/C14H19N3O4S/c1-2-22(19,20)17-7-5-12(11(9-17)10-3-4-10)15-14(18)13-6-8-21-16-13/h2,6,8,10-12H,1,3-5,7,9H2,(H,15,18). The molecule has 2 heterocycles. The van der Waals surface area contributed by atoms with Gasteiger partial charge in [-0.25, -0.2) is 8.42 Å². The zero-order valence-electron chi connectivity index (χ0n) is 12.1. The molecule has 1 aromatic rings. The first-order chi connectivity index (χ1) is 10.5. The molecule has 0 spiro atoms. The summed E-state index contributed by atoms with van der Waals surface area (Å²) in [6.45, 7) is 4.20. The molecule has 1 aromatic heterocycles. The van der Waals surface area contributed by atoms with E-state index in [4.69, 9.17) is 0 Å². The van der Waals surface area contributed by atoms with Gasteiger partial charge in [0.15, 0.2) is 5.69 Å². The lowest BCUT2D eigenvalue weighted by Crippen LogP contribution is -2.52. The molecule has 0 bridgehead atoms. The first kappa shape index (κ1) is 15.2. The Balaban J connectivity index is 1.70. The molecule has 1 amide bonds. The summed E-state index contributed by atoms with van der Waals surface area (Å²) >= 11 is 0. The summed E-state index contributed by atoms with van der Waals surface area (Å²) in [5.74, 6) is 0.342. The molecule has 1 saturated carbocycles. The zero-order valence-corrected chi connectivity index (χ0v) is 13.0. The fourth-order valence-electron chi connectivity index (χ4n) is 3.04. The summed E-state index contributed by atoms with van der Waals surface area (Å²) in [5.41, 5.74) is 0.246. The van der Waals surface area contributed by atoms with E-state index in [1.54, 1.807) is 0 Å². The van der Waals surface area contributed by atoms with Crippen molar-refractivity contribution in [1.82, 2.24) is 14.8 Å². The third-order valence-corrected chi connectivity index (χ3v) is 5.88. The summed E-state index contributed by atoms with van der Waals surface area (Å²) in [5, 5.41) is 7.59. The van der Waals surface area contributed by atoms with Crippen LogP contribution in [0.3, 0.4) is 0 Å². The highest BCUT2D eigenvalue weighted by Crippen LogP contribution is 2.41. The molecule has 2 unspecified atom stereocenters. The highest BCUT2D eigenvalue weighted by Gasteiger charge is 2.42. The Morgan fingerprint density at radius 3 is 2.82 bits per heavy atom. The lowest BCUT2D eigenvalue weighted by atomic mass is 9.89. The van der Waals surface area contributed by atoms with Gasteiger partial charge in [0.1, 0.15) is 6.26 Å². The van der Waals surface area contributed by atoms with Gasteiger partial charge >= 0.3 is 0 Å². The number of aromatic nitrogens is 1. The Bertz CT molecular complexity index is 652. The number of piperidine rings is 1. The summed E-state index contributed by atoms with van der Waals surface area (Å²) in [7, 11) is -3.40. The molecule has 22 heavy (non-hydrogen) atoms. The Kier molecular flexibility index (Phi) is 4.05. The summed E-state index contributed by atoms with van der Waals surface area (Å²) < 4.78 is 30.1. The fourth-order valence-corrected chi connectivity index (χ4v) is 3.99. The van der Waals surface area contributed by atoms with Gasteiger partial charge in [0.2, 0.25) is 10.0 Å². The highest BCUT2D eigenvalue weighted by atomic mass is 32.2. The minimum absolute atomic E-state index is 0.0343. The lowest BCUT2D eigenvalue weighted by molar-refractivity contribution is 0.0876. The molecule has 0 radical (unpaired) electrons. The van der Waals surface area contributed by atoms with Crippen LogP contribution in [0.25, 0.3) is 0 Å². The molecule has 1 N–H and O–H groups in total. The van der Waals surface area contributed by atoms with Gasteiger partial charge in [-0.15, -0.1) is 0 Å². The average molecular weight is 325 g/mol. The molecule has 2 fully saturated rings. The molecule has 2 aliphatic rings. The van der Waals surface area contributed by atoms with Gasteiger partial charge in [-0.05, 0) is 31.1 Å². The van der Waals surface area contributed by atoms with Crippen LogP contribution in [0, 0.1) is 11.8 Å². The van der Waals surface area contributed by atoms with E-state index in [9.17, 15) is 13.2 Å². The van der Waals surface area contributed by atoms with Gasteiger partial charge in [-0.3, -0.25) is 4.79 Å². The Morgan fingerprint density at radius 1 is 1.45 bits per heavy atom. The molecule has 1 aliphatic heterocycles. The van der Waals surface area contributed by atoms with Crippen molar-refractivity contribution >= 4 is 15.9 Å². The van der Waals surface area contributed by atoms with Crippen LogP contribution < -0.4 is 5.32 Å². The van der Waals surface area contributed by atoms with Gasteiger partial charge in [0, 0.05) is 30.6 Å². The average Bonchev–Trinajstić information content (AvgIpc) is 3.21. The third kappa shape index (κ3) is 3.07. The number of nitrogens with one attached hydrogen (secondary N) is 1. The van der Waals surface area contributed by atoms with Gasteiger partial charge in [0.05, 0.1) is 0 Å². The van der Waals surface area contributed by atoms with Crippen LogP contribution >= 0.6 is 0 Å². The topological polar surface area (TPSA) is 92.5 Å². The molecule has 120 valence electrons. The minimum Gasteiger partial charge on any atom is -0.364 e. The van der Waals surface area contributed by atoms with Crippen molar-refractivity contribution in [1.29, 1.82) is 0 Å². The number of hydrogen-bond donors (Lipinski definition) is 1. The second kappa shape index (κ2) is 5.85. The van der Waals surface area contributed by atoms with Crippen molar-refractivity contribution in [2.45, 2.75) is 25.3 Å². The van der Waals surface area contributed by atoms with E-state index in [0.29, 0.717) is 25.4 Å². The van der Waals surface area contributed by atoms with Crippen molar-refractivity contribution in [3.8, 4) is 0 Å². The van der Waals surface area contributed by atoms with E-state index in [0.717, 1.165) is 18.2 Å². The van der Waals surface area contributed by atoms with E-state index in [2.05, 4.69) is 21.6 Å². The van der Waals surface area contributed by atoms with E-state index in [-0.39, 0.29) is 23.6 Å². The Hall–Kier alpha value is -1.67. The largest absolute Gasteiger partial charge is 0.364 e. The monoisotopic (exact) mass is 325 g/mol. The maximum atomic E-state index is 12.1. The van der Waals surface area contributed by atoms with Crippen LogP contribution in [0.5, 0.6) is 0 Å². The molecule has 1 saturated heterocycles. The molecule has 7 nitrogen and oxygen atoms in total. The first-order valence-corrected chi connectivity index (χ1v) is 8.85. The van der Waals surface area contributed by atoms with Crippen molar-refractivity contribution in [2.75, 3.05) is 13.1 Å². The second-order valence-electron chi connectivity index (χ2n) is 5.82. The molecule has 8 heteroatoms. The molecule has 3 rings (SSSR count). The summed E-state index contributed by atoms with van der Waals surface area (Å²) in [6.07, 6.45) is 4.12. The lowest BCUT2D eigenvalue weighted by Gasteiger charge is -2.37. The van der Waals surface area contributed by atoms with Crippen molar-refractivity contribution in [2.24, 2.45) is 11.8 Å². The number of hydrogen-bond acceptors (Lipinski definition) is 5. The number of nitrogens with zero attached hydrogens (tertiary/aromatic N) is 2. The van der Waals surface area contributed by atoms with Crippen LogP contribution in [0.2, 0.25) is 0 Å². The van der Waals surface area contributed by atoms with Crippen LogP contribution in [0.15, 0.2) is 28.8 Å². The van der Waals surface area contributed by atoms with E-state index >= 15 is 0 Å². The molecular weight excluding hydrogens is 306 g/mol. The number of rotatable bonds is 5. The number of carbonyl (C=O) groups excluding carboxylic acids is 1. The second-order valence-corrected chi connectivity index (χ2v) is 7.70. The van der Waals surface area contributed by atoms with Gasteiger partial charge < -0.3 is 9.84 Å². The SMILES string of the molecule is C=CS(=O)(=O)N1CCC(NC(=O)c2ccon2)C(C2CC2)C1. The molecule has 0 aromatic carbocycles. The molecule has 1 aliphatic carbocycles. The molecule has 2 atom stereocenters. The van der Waals surface area contributed by atoms with E-state index in [1.807, 2.05) is 0 Å². The van der Waals surface area contributed by atoms with Crippen molar-refractivity contribution in [3.05, 3.63) is 30.0 Å². The summed E-state index contributed by atoms with van der Waals surface area (Å²) in [4.78, 5) is 12.1. The Labute approximate surface area is 129 Å². The number of carbonyl (C=O) groups is 1. The van der Waals surface area contributed by atoms with Crippen LogP contribution in [0.1, 0.15) is 29.8 Å². The van der Waals surface area contributed by atoms with E-state index in [1.165, 1.54) is 16.6 Å².